The maximum Gasteiger partial charge on any atom is 0.231 e. The van der Waals surface area contributed by atoms with Crippen LogP contribution in [-0.4, -0.2) is 48.9 Å². The summed E-state index contributed by atoms with van der Waals surface area (Å²) >= 11 is 0. The molecule has 33 heavy (non-hydrogen) atoms. The molecule has 2 atom stereocenters. The Balaban J connectivity index is 1.11. The summed E-state index contributed by atoms with van der Waals surface area (Å²) in [5.41, 5.74) is 2.01. The fourth-order valence-corrected chi connectivity index (χ4v) is 5.18. The molecular weight excluding hydrogens is 420 g/mol. The Hall–Kier alpha value is -2.58. The van der Waals surface area contributed by atoms with Gasteiger partial charge >= 0.3 is 0 Å². The van der Waals surface area contributed by atoms with E-state index in [1.165, 1.54) is 19.3 Å². The van der Waals surface area contributed by atoms with E-state index in [-0.39, 0.29) is 12.7 Å². The lowest BCUT2D eigenvalue weighted by molar-refractivity contribution is -0.122. The summed E-state index contributed by atoms with van der Waals surface area (Å²) < 4.78 is 16.4. The van der Waals surface area contributed by atoms with Gasteiger partial charge < -0.3 is 24.6 Å². The first kappa shape index (κ1) is 22.2. The zero-order valence-corrected chi connectivity index (χ0v) is 19.2. The van der Waals surface area contributed by atoms with Gasteiger partial charge in [-0.1, -0.05) is 17.6 Å². The number of nitrogens with one attached hydrogen (secondary N) is 2. The molecule has 0 radical (unpaired) electrons. The minimum absolute atomic E-state index is 0.0931. The number of likely N-dealkylation sites (tertiary alicyclic amines) is 1. The van der Waals surface area contributed by atoms with Crippen molar-refractivity contribution in [2.75, 3.05) is 33.0 Å². The second-order valence-corrected chi connectivity index (χ2v) is 9.51. The Kier molecular flexibility index (Phi) is 7.12. The molecule has 0 unspecified atom stereocenters. The van der Waals surface area contributed by atoms with Gasteiger partial charge in [-0.2, -0.15) is 0 Å². The third kappa shape index (κ3) is 5.86. The molecule has 3 aliphatic rings. The molecule has 2 N–H and O–H groups in total. The van der Waals surface area contributed by atoms with Crippen LogP contribution >= 0.6 is 0 Å². The van der Waals surface area contributed by atoms with Gasteiger partial charge in [0, 0.05) is 19.0 Å². The van der Waals surface area contributed by atoms with Crippen molar-refractivity contribution >= 4 is 5.91 Å². The van der Waals surface area contributed by atoms with E-state index in [4.69, 9.17) is 14.0 Å². The molecule has 0 saturated carbocycles. The van der Waals surface area contributed by atoms with Crippen LogP contribution in [0.2, 0.25) is 0 Å². The number of aromatic nitrogens is 1. The number of piperidine rings is 2. The number of fused-ring (bicyclic) bond motifs is 1. The molecule has 1 aromatic heterocycles. The van der Waals surface area contributed by atoms with Crippen LogP contribution in [0.5, 0.6) is 11.5 Å². The van der Waals surface area contributed by atoms with E-state index in [0.29, 0.717) is 24.8 Å². The number of amides is 1. The standard InChI is InChI=1S/C25H34N4O4/c30-25(27-14-18-4-5-23-24(10-18)32-17-31-23)12-19-6-7-26-15-20(19)11-21-13-22(33-28-21)16-29-8-2-1-3-9-29/h4-5,10,13,19-20,26H,1-3,6-9,11-12,14-17H2,(H,27,30)/t19-,20+/m1/s1. The Morgan fingerprint density at radius 1 is 1.12 bits per heavy atom. The van der Waals surface area contributed by atoms with Crippen LogP contribution in [0.25, 0.3) is 0 Å². The van der Waals surface area contributed by atoms with Crippen LogP contribution in [-0.2, 0) is 24.3 Å². The van der Waals surface area contributed by atoms with Gasteiger partial charge in [-0.05, 0) is 81.4 Å². The number of hydrogen-bond donors (Lipinski definition) is 2. The number of hydrogen-bond acceptors (Lipinski definition) is 7. The number of carbonyl (C=O) groups is 1. The first-order chi connectivity index (χ1) is 16.2. The van der Waals surface area contributed by atoms with E-state index in [9.17, 15) is 4.79 Å². The molecule has 1 aromatic carbocycles. The molecular formula is C25H34N4O4. The summed E-state index contributed by atoms with van der Waals surface area (Å²) in [5.74, 6) is 3.26. The van der Waals surface area contributed by atoms with Gasteiger partial charge in [0.15, 0.2) is 17.3 Å². The second kappa shape index (κ2) is 10.6. The van der Waals surface area contributed by atoms with Crippen LogP contribution in [0, 0.1) is 11.8 Å². The van der Waals surface area contributed by atoms with E-state index >= 15 is 0 Å². The second-order valence-electron chi connectivity index (χ2n) is 9.51. The highest BCUT2D eigenvalue weighted by Crippen LogP contribution is 2.32. The third-order valence-corrected chi connectivity index (χ3v) is 7.05. The highest BCUT2D eigenvalue weighted by molar-refractivity contribution is 5.76. The number of carbonyl (C=O) groups excluding carboxylic acids is 1. The Morgan fingerprint density at radius 2 is 2.00 bits per heavy atom. The van der Waals surface area contributed by atoms with Crippen LogP contribution in [0.15, 0.2) is 28.8 Å². The van der Waals surface area contributed by atoms with E-state index in [1.54, 1.807) is 0 Å². The SMILES string of the molecule is O=C(C[C@H]1CCNC[C@@H]1Cc1cc(CN2CCCCC2)on1)NCc1ccc2c(c1)OCO2. The number of benzene rings is 1. The molecule has 2 aromatic rings. The molecule has 4 heterocycles. The average Bonchev–Trinajstić information content (AvgIpc) is 3.48. The fraction of sp³-hybridized carbons (Fsp3) is 0.600. The average molecular weight is 455 g/mol. The molecule has 0 aliphatic carbocycles. The molecule has 8 nitrogen and oxygen atoms in total. The number of ether oxygens (including phenoxy) is 2. The van der Waals surface area contributed by atoms with E-state index < -0.39 is 0 Å². The monoisotopic (exact) mass is 454 g/mol. The van der Waals surface area contributed by atoms with Gasteiger partial charge in [0.1, 0.15) is 0 Å². The van der Waals surface area contributed by atoms with Crippen molar-refractivity contribution in [3.8, 4) is 11.5 Å². The zero-order valence-electron chi connectivity index (χ0n) is 19.2. The first-order valence-electron chi connectivity index (χ1n) is 12.3. The summed E-state index contributed by atoms with van der Waals surface area (Å²) in [5, 5.41) is 10.9. The molecule has 2 fully saturated rings. The van der Waals surface area contributed by atoms with Gasteiger partial charge in [-0.3, -0.25) is 9.69 Å². The van der Waals surface area contributed by atoms with E-state index in [2.05, 4.69) is 26.8 Å². The van der Waals surface area contributed by atoms with Gasteiger partial charge in [0.25, 0.3) is 0 Å². The summed E-state index contributed by atoms with van der Waals surface area (Å²) in [4.78, 5) is 15.2. The Labute approximate surface area is 195 Å². The van der Waals surface area contributed by atoms with Crippen LogP contribution in [0.1, 0.15) is 49.1 Å². The van der Waals surface area contributed by atoms with Crippen molar-refractivity contribution in [1.29, 1.82) is 0 Å². The molecule has 2 saturated heterocycles. The largest absolute Gasteiger partial charge is 0.454 e. The molecule has 5 rings (SSSR count). The van der Waals surface area contributed by atoms with Gasteiger partial charge in [0.2, 0.25) is 12.7 Å². The van der Waals surface area contributed by atoms with Crippen molar-refractivity contribution in [3.05, 3.63) is 41.3 Å². The molecule has 0 bridgehead atoms. The van der Waals surface area contributed by atoms with Gasteiger partial charge in [-0.25, -0.2) is 0 Å². The molecule has 8 heteroatoms. The predicted molar refractivity (Wildman–Crippen MR) is 123 cm³/mol. The highest BCUT2D eigenvalue weighted by atomic mass is 16.7. The van der Waals surface area contributed by atoms with Crippen molar-refractivity contribution in [1.82, 2.24) is 20.7 Å². The summed E-state index contributed by atoms with van der Waals surface area (Å²) in [6, 6.07) is 7.90. The van der Waals surface area contributed by atoms with Crippen molar-refractivity contribution in [3.63, 3.8) is 0 Å². The molecule has 3 aliphatic heterocycles. The summed E-state index contributed by atoms with van der Waals surface area (Å²) in [6.45, 7) is 5.76. The minimum Gasteiger partial charge on any atom is -0.454 e. The Bertz CT molecular complexity index is 940. The lowest BCUT2D eigenvalue weighted by Crippen LogP contribution is -2.40. The van der Waals surface area contributed by atoms with Crippen molar-refractivity contribution in [2.24, 2.45) is 11.8 Å². The highest BCUT2D eigenvalue weighted by Gasteiger charge is 2.28. The summed E-state index contributed by atoms with van der Waals surface area (Å²) in [7, 11) is 0. The lowest BCUT2D eigenvalue weighted by Gasteiger charge is -2.31. The van der Waals surface area contributed by atoms with Crippen LogP contribution in [0.3, 0.4) is 0 Å². The fourth-order valence-electron chi connectivity index (χ4n) is 5.18. The Morgan fingerprint density at radius 3 is 2.91 bits per heavy atom. The lowest BCUT2D eigenvalue weighted by atomic mass is 9.81. The van der Waals surface area contributed by atoms with E-state index in [0.717, 1.165) is 74.1 Å². The third-order valence-electron chi connectivity index (χ3n) is 7.05. The number of rotatable bonds is 8. The van der Waals surface area contributed by atoms with Gasteiger partial charge in [0.05, 0.1) is 12.2 Å². The number of nitrogens with zero attached hydrogens (tertiary/aromatic N) is 2. The van der Waals surface area contributed by atoms with Crippen molar-refractivity contribution < 1.29 is 18.8 Å². The smallest absolute Gasteiger partial charge is 0.231 e. The molecule has 0 spiro atoms. The summed E-state index contributed by atoms with van der Waals surface area (Å²) in [6.07, 6.45) is 6.26. The molecule has 178 valence electrons. The first-order valence-corrected chi connectivity index (χ1v) is 12.3. The van der Waals surface area contributed by atoms with Crippen LogP contribution in [0.4, 0.5) is 0 Å². The normalized spacial score (nSPS) is 22.9. The quantitative estimate of drug-likeness (QED) is 0.634. The van der Waals surface area contributed by atoms with E-state index in [1.807, 2.05) is 18.2 Å². The topological polar surface area (TPSA) is 88.9 Å². The maximum absolute atomic E-state index is 12.7. The minimum atomic E-state index is 0.0931. The maximum atomic E-state index is 12.7. The molecule has 1 amide bonds. The predicted octanol–water partition coefficient (Wildman–Crippen LogP) is 2.86. The van der Waals surface area contributed by atoms with Crippen molar-refractivity contribution in [2.45, 2.75) is 51.6 Å². The zero-order chi connectivity index (χ0) is 22.5. The van der Waals surface area contributed by atoms with Gasteiger partial charge in [-0.15, -0.1) is 0 Å². The van der Waals surface area contributed by atoms with Crippen LogP contribution < -0.4 is 20.1 Å².